The van der Waals surface area contributed by atoms with Gasteiger partial charge >= 0.3 is 0 Å². The van der Waals surface area contributed by atoms with E-state index in [0.717, 1.165) is 11.3 Å². The van der Waals surface area contributed by atoms with E-state index in [2.05, 4.69) is 4.72 Å². The molecule has 0 fully saturated rings. The Labute approximate surface area is 123 Å². The predicted molar refractivity (Wildman–Crippen MR) is 78.4 cm³/mol. The molecule has 0 bridgehead atoms. The maximum atomic E-state index is 12.3. The lowest BCUT2D eigenvalue weighted by atomic mass is 10.2. The van der Waals surface area contributed by atoms with Gasteiger partial charge in [-0.25, -0.2) is 13.1 Å². The Hall–Kier alpha value is -1.30. The molecule has 1 aromatic heterocycles. The molecule has 108 valence electrons. The summed E-state index contributed by atoms with van der Waals surface area (Å²) in [6.07, 6.45) is 0. The maximum Gasteiger partial charge on any atom is 0.241 e. The quantitative estimate of drug-likeness (QED) is 0.941. The zero-order chi connectivity index (χ0) is 14.9. The Bertz CT molecular complexity index is 735. The van der Waals surface area contributed by atoms with Crippen LogP contribution in [0.3, 0.4) is 0 Å². The van der Waals surface area contributed by atoms with Gasteiger partial charge in [0.2, 0.25) is 10.0 Å². The van der Waals surface area contributed by atoms with Gasteiger partial charge in [-0.1, -0.05) is 17.7 Å². The second kappa shape index (κ2) is 5.60. The minimum atomic E-state index is -3.60. The predicted octanol–water partition coefficient (Wildman–Crippen LogP) is 3.34. The molecule has 0 aliphatic heterocycles. The van der Waals surface area contributed by atoms with Crippen LogP contribution in [0.1, 0.15) is 22.6 Å². The van der Waals surface area contributed by atoms with Gasteiger partial charge in [0.25, 0.3) is 0 Å². The number of aryl methyl sites for hydroxylation is 2. The van der Waals surface area contributed by atoms with E-state index >= 15 is 0 Å². The Morgan fingerprint density at radius 3 is 2.55 bits per heavy atom. The normalized spacial score (nSPS) is 11.8. The first-order chi connectivity index (χ1) is 9.31. The van der Waals surface area contributed by atoms with E-state index in [9.17, 15) is 8.42 Å². The van der Waals surface area contributed by atoms with Gasteiger partial charge in [0.05, 0.1) is 4.90 Å². The first-order valence-electron chi connectivity index (χ1n) is 6.12. The summed E-state index contributed by atoms with van der Waals surface area (Å²) >= 11 is 5.96. The Morgan fingerprint density at radius 2 is 1.95 bits per heavy atom. The van der Waals surface area contributed by atoms with Gasteiger partial charge < -0.3 is 4.42 Å². The van der Waals surface area contributed by atoms with Crippen LogP contribution in [0.15, 0.2) is 33.6 Å². The first kappa shape index (κ1) is 15.1. The first-order valence-corrected chi connectivity index (χ1v) is 7.98. The highest BCUT2D eigenvalue weighted by atomic mass is 35.5. The van der Waals surface area contributed by atoms with Crippen molar-refractivity contribution in [3.8, 4) is 0 Å². The van der Waals surface area contributed by atoms with Crippen LogP contribution in [0.4, 0.5) is 0 Å². The average Bonchev–Trinajstić information content (AvgIpc) is 2.69. The fourth-order valence-electron chi connectivity index (χ4n) is 1.99. The monoisotopic (exact) mass is 313 g/mol. The van der Waals surface area contributed by atoms with Crippen LogP contribution in [-0.4, -0.2) is 8.42 Å². The molecule has 1 aromatic carbocycles. The third-order valence-corrected chi connectivity index (χ3v) is 5.06. The molecular formula is C14H16ClNO3S. The number of sulfonamides is 1. The number of halogens is 1. The van der Waals surface area contributed by atoms with Gasteiger partial charge in [0.1, 0.15) is 11.5 Å². The van der Waals surface area contributed by atoms with Crippen molar-refractivity contribution >= 4 is 21.6 Å². The van der Waals surface area contributed by atoms with Crippen LogP contribution in [0, 0.1) is 20.8 Å². The Balaban J connectivity index is 2.24. The average molecular weight is 314 g/mol. The van der Waals surface area contributed by atoms with Crippen molar-refractivity contribution in [2.75, 3.05) is 0 Å². The van der Waals surface area contributed by atoms with Crippen molar-refractivity contribution in [1.29, 1.82) is 0 Å². The highest BCUT2D eigenvalue weighted by Crippen LogP contribution is 2.23. The molecule has 0 radical (unpaired) electrons. The van der Waals surface area contributed by atoms with Crippen molar-refractivity contribution in [2.45, 2.75) is 32.2 Å². The van der Waals surface area contributed by atoms with Crippen LogP contribution in [-0.2, 0) is 16.6 Å². The van der Waals surface area contributed by atoms with Crippen molar-refractivity contribution in [2.24, 2.45) is 0 Å². The van der Waals surface area contributed by atoms with Gasteiger partial charge in [0, 0.05) is 17.1 Å². The van der Waals surface area contributed by atoms with Crippen molar-refractivity contribution in [1.82, 2.24) is 4.72 Å². The van der Waals surface area contributed by atoms with E-state index < -0.39 is 10.0 Å². The van der Waals surface area contributed by atoms with Crippen molar-refractivity contribution < 1.29 is 12.8 Å². The zero-order valence-electron chi connectivity index (χ0n) is 11.5. The lowest BCUT2D eigenvalue weighted by Crippen LogP contribution is -2.24. The lowest BCUT2D eigenvalue weighted by molar-refractivity contribution is 0.500. The molecule has 0 spiro atoms. The second-order valence-corrected chi connectivity index (χ2v) is 6.77. The largest absolute Gasteiger partial charge is 0.466 e. The molecule has 1 heterocycles. The SMILES string of the molecule is Cc1cc(CNS(=O)(=O)c2cccc(Cl)c2C)c(C)o1. The van der Waals surface area contributed by atoms with Gasteiger partial charge in [-0.3, -0.25) is 0 Å². The molecule has 2 aromatic rings. The Kier molecular flexibility index (Phi) is 4.22. The molecule has 6 heteroatoms. The number of nitrogens with one attached hydrogen (secondary N) is 1. The molecule has 4 nitrogen and oxygen atoms in total. The molecule has 0 unspecified atom stereocenters. The fraction of sp³-hybridized carbons (Fsp3) is 0.286. The standard InChI is InChI=1S/C14H16ClNO3S/c1-9-7-12(11(3)19-9)8-16-20(17,18)14-6-4-5-13(15)10(14)2/h4-7,16H,8H2,1-3H3. The minimum Gasteiger partial charge on any atom is -0.466 e. The summed E-state index contributed by atoms with van der Waals surface area (Å²) in [6, 6.07) is 6.65. The van der Waals surface area contributed by atoms with E-state index in [1.807, 2.05) is 13.0 Å². The van der Waals surface area contributed by atoms with Gasteiger partial charge in [-0.05, 0) is 44.5 Å². The van der Waals surface area contributed by atoms with E-state index in [4.69, 9.17) is 16.0 Å². The van der Waals surface area contributed by atoms with E-state index in [1.165, 1.54) is 6.07 Å². The molecule has 2 rings (SSSR count). The molecule has 0 saturated heterocycles. The summed E-state index contributed by atoms with van der Waals surface area (Å²) in [4.78, 5) is 0.197. The van der Waals surface area contributed by atoms with Crippen molar-refractivity contribution in [3.05, 3.63) is 51.9 Å². The summed E-state index contributed by atoms with van der Waals surface area (Å²) in [7, 11) is -3.60. The van der Waals surface area contributed by atoms with E-state index in [0.29, 0.717) is 16.3 Å². The molecule has 0 aliphatic rings. The van der Waals surface area contributed by atoms with E-state index in [1.54, 1.807) is 26.0 Å². The zero-order valence-corrected chi connectivity index (χ0v) is 13.1. The highest BCUT2D eigenvalue weighted by molar-refractivity contribution is 7.89. The number of hydrogen-bond donors (Lipinski definition) is 1. The topological polar surface area (TPSA) is 59.3 Å². The molecule has 0 saturated carbocycles. The van der Waals surface area contributed by atoms with E-state index in [-0.39, 0.29) is 11.4 Å². The number of furan rings is 1. The third kappa shape index (κ3) is 3.06. The molecule has 20 heavy (non-hydrogen) atoms. The third-order valence-electron chi connectivity index (χ3n) is 3.10. The maximum absolute atomic E-state index is 12.3. The summed E-state index contributed by atoms with van der Waals surface area (Å²) in [5.41, 5.74) is 1.37. The Morgan fingerprint density at radius 1 is 1.25 bits per heavy atom. The van der Waals surface area contributed by atoms with Gasteiger partial charge in [0.15, 0.2) is 0 Å². The molecule has 0 aliphatic carbocycles. The van der Waals surface area contributed by atoms with Crippen molar-refractivity contribution in [3.63, 3.8) is 0 Å². The summed E-state index contributed by atoms with van der Waals surface area (Å²) in [6.45, 7) is 5.51. The molecule has 1 N–H and O–H groups in total. The summed E-state index contributed by atoms with van der Waals surface area (Å²) in [5, 5.41) is 0.434. The van der Waals surface area contributed by atoms with Crippen LogP contribution >= 0.6 is 11.6 Å². The second-order valence-electron chi connectivity index (χ2n) is 4.63. The van der Waals surface area contributed by atoms with Crippen LogP contribution < -0.4 is 4.72 Å². The lowest BCUT2D eigenvalue weighted by Gasteiger charge is -2.09. The highest BCUT2D eigenvalue weighted by Gasteiger charge is 2.18. The van der Waals surface area contributed by atoms with Crippen LogP contribution in [0.2, 0.25) is 5.02 Å². The molecule has 0 atom stereocenters. The summed E-state index contributed by atoms with van der Waals surface area (Å²) in [5.74, 6) is 1.48. The molecule has 0 amide bonds. The van der Waals surface area contributed by atoms with Crippen LogP contribution in [0.25, 0.3) is 0 Å². The minimum absolute atomic E-state index is 0.192. The smallest absolute Gasteiger partial charge is 0.241 e. The number of hydrogen-bond acceptors (Lipinski definition) is 3. The summed E-state index contributed by atoms with van der Waals surface area (Å²) < 4.78 is 32.5. The van der Waals surface area contributed by atoms with Gasteiger partial charge in [-0.2, -0.15) is 0 Å². The fourth-order valence-corrected chi connectivity index (χ4v) is 3.49. The van der Waals surface area contributed by atoms with Crippen LogP contribution in [0.5, 0.6) is 0 Å². The number of benzene rings is 1. The molecular weight excluding hydrogens is 298 g/mol. The number of rotatable bonds is 4. The van der Waals surface area contributed by atoms with Gasteiger partial charge in [-0.15, -0.1) is 0 Å².